The first kappa shape index (κ1) is 12.0. The molecule has 0 spiro atoms. The molecule has 0 saturated carbocycles. The van der Waals surface area contributed by atoms with Crippen molar-refractivity contribution in [3.05, 3.63) is 46.7 Å². The molecule has 3 nitrogen and oxygen atoms in total. The van der Waals surface area contributed by atoms with E-state index in [2.05, 4.69) is 5.32 Å². The number of hydrogen-bond acceptors (Lipinski definition) is 4. The maximum absolute atomic E-state index is 9.89. The summed E-state index contributed by atoms with van der Waals surface area (Å²) in [6.07, 6.45) is -0.461. The second-order valence-electron chi connectivity index (χ2n) is 3.64. The Balaban J connectivity index is 1.89. The van der Waals surface area contributed by atoms with Crippen LogP contribution in [0.25, 0.3) is 0 Å². The normalized spacial score (nSPS) is 12.1. The molecule has 1 aromatic heterocycles. The molecule has 2 rings (SSSR count). The first-order chi connectivity index (χ1) is 8.29. The molecule has 0 fully saturated rings. The second-order valence-corrected chi connectivity index (χ2v) is 4.62. The standard InChI is InChI=1S/C13H15NO2S/c1-16-11-6-4-10(5-7-11)14-9-12(15)13-3-2-8-17-13/h2-8,12,14-15H,9H2,1H3. The molecule has 17 heavy (non-hydrogen) atoms. The lowest BCUT2D eigenvalue weighted by Gasteiger charge is -2.11. The number of rotatable bonds is 5. The Kier molecular flexibility index (Phi) is 4.01. The SMILES string of the molecule is COc1ccc(NCC(O)c2cccs2)cc1. The molecule has 1 unspecified atom stereocenters. The smallest absolute Gasteiger partial charge is 0.119 e. The Bertz CT molecular complexity index is 439. The zero-order valence-corrected chi connectivity index (χ0v) is 10.4. The number of aliphatic hydroxyl groups excluding tert-OH is 1. The quantitative estimate of drug-likeness (QED) is 0.856. The summed E-state index contributed by atoms with van der Waals surface area (Å²) >= 11 is 1.56. The van der Waals surface area contributed by atoms with Crippen molar-refractivity contribution in [3.63, 3.8) is 0 Å². The van der Waals surface area contributed by atoms with E-state index in [1.165, 1.54) is 0 Å². The average Bonchev–Trinajstić information content (AvgIpc) is 2.90. The molecular weight excluding hydrogens is 234 g/mol. The van der Waals surface area contributed by atoms with Gasteiger partial charge in [-0.15, -0.1) is 11.3 Å². The highest BCUT2D eigenvalue weighted by molar-refractivity contribution is 7.10. The lowest BCUT2D eigenvalue weighted by atomic mass is 10.2. The number of benzene rings is 1. The maximum atomic E-state index is 9.89. The van der Waals surface area contributed by atoms with Gasteiger partial charge in [0.15, 0.2) is 0 Å². The third kappa shape index (κ3) is 3.22. The van der Waals surface area contributed by atoms with Gasteiger partial charge < -0.3 is 15.2 Å². The van der Waals surface area contributed by atoms with Gasteiger partial charge in [0.1, 0.15) is 11.9 Å². The van der Waals surface area contributed by atoms with Gasteiger partial charge in [-0.25, -0.2) is 0 Å². The van der Waals surface area contributed by atoms with Gasteiger partial charge in [-0.2, -0.15) is 0 Å². The van der Waals surface area contributed by atoms with Gasteiger partial charge in [0.2, 0.25) is 0 Å². The van der Waals surface area contributed by atoms with Gasteiger partial charge in [-0.05, 0) is 35.7 Å². The van der Waals surface area contributed by atoms with Crippen molar-refractivity contribution in [1.82, 2.24) is 0 Å². The first-order valence-corrected chi connectivity index (χ1v) is 6.27. The number of anilines is 1. The van der Waals surface area contributed by atoms with Crippen molar-refractivity contribution in [2.45, 2.75) is 6.10 Å². The Morgan fingerprint density at radius 2 is 2.06 bits per heavy atom. The largest absolute Gasteiger partial charge is 0.497 e. The molecule has 0 aliphatic heterocycles. The Labute approximate surface area is 105 Å². The van der Waals surface area contributed by atoms with Gasteiger partial charge in [0, 0.05) is 17.1 Å². The minimum absolute atomic E-state index is 0.461. The number of nitrogens with one attached hydrogen (secondary N) is 1. The summed E-state index contributed by atoms with van der Waals surface area (Å²) in [4.78, 5) is 0.978. The summed E-state index contributed by atoms with van der Waals surface area (Å²) in [6, 6.07) is 11.5. The molecule has 1 atom stereocenters. The zero-order chi connectivity index (χ0) is 12.1. The van der Waals surface area contributed by atoms with Crippen LogP contribution in [0.1, 0.15) is 11.0 Å². The minimum Gasteiger partial charge on any atom is -0.497 e. The topological polar surface area (TPSA) is 41.5 Å². The van der Waals surface area contributed by atoms with Crippen molar-refractivity contribution in [2.24, 2.45) is 0 Å². The Hall–Kier alpha value is -1.52. The summed E-state index contributed by atoms with van der Waals surface area (Å²) < 4.78 is 5.08. The van der Waals surface area contributed by atoms with E-state index >= 15 is 0 Å². The maximum Gasteiger partial charge on any atom is 0.119 e. The van der Waals surface area contributed by atoms with Crippen LogP contribution in [-0.2, 0) is 0 Å². The van der Waals surface area contributed by atoms with E-state index in [0.717, 1.165) is 16.3 Å². The molecule has 0 aliphatic rings. The van der Waals surface area contributed by atoms with Gasteiger partial charge in [-0.1, -0.05) is 6.07 Å². The lowest BCUT2D eigenvalue weighted by Crippen LogP contribution is -2.10. The minimum atomic E-state index is -0.461. The summed E-state index contributed by atoms with van der Waals surface area (Å²) in [5.74, 6) is 0.828. The van der Waals surface area contributed by atoms with E-state index < -0.39 is 6.10 Å². The molecule has 2 N–H and O–H groups in total. The highest BCUT2D eigenvalue weighted by Crippen LogP contribution is 2.20. The van der Waals surface area contributed by atoms with Crippen LogP contribution >= 0.6 is 11.3 Å². The van der Waals surface area contributed by atoms with E-state index in [-0.39, 0.29) is 0 Å². The van der Waals surface area contributed by atoms with E-state index in [1.807, 2.05) is 41.8 Å². The predicted molar refractivity (Wildman–Crippen MR) is 70.8 cm³/mol. The van der Waals surface area contributed by atoms with Gasteiger partial charge >= 0.3 is 0 Å². The van der Waals surface area contributed by atoms with Crippen LogP contribution in [0.15, 0.2) is 41.8 Å². The fourth-order valence-corrected chi connectivity index (χ4v) is 2.22. The van der Waals surface area contributed by atoms with Crippen molar-refractivity contribution in [3.8, 4) is 5.75 Å². The summed E-state index contributed by atoms with van der Waals surface area (Å²) in [5, 5.41) is 15.0. The fraction of sp³-hybridized carbons (Fsp3) is 0.231. The molecule has 90 valence electrons. The van der Waals surface area contributed by atoms with Crippen molar-refractivity contribution in [1.29, 1.82) is 0 Å². The number of ether oxygens (including phenoxy) is 1. The number of aliphatic hydroxyl groups is 1. The summed E-state index contributed by atoms with van der Waals surface area (Å²) in [6.45, 7) is 0.507. The van der Waals surface area contributed by atoms with Gasteiger partial charge in [0.05, 0.1) is 7.11 Å². The summed E-state index contributed by atoms with van der Waals surface area (Å²) in [5.41, 5.74) is 0.974. The Morgan fingerprint density at radius 1 is 1.29 bits per heavy atom. The molecule has 1 heterocycles. The van der Waals surface area contributed by atoms with Gasteiger partial charge in [0.25, 0.3) is 0 Å². The van der Waals surface area contributed by atoms with Crippen LogP contribution in [0, 0.1) is 0 Å². The Morgan fingerprint density at radius 3 is 2.65 bits per heavy atom. The number of thiophene rings is 1. The molecule has 0 bridgehead atoms. The van der Waals surface area contributed by atoms with Crippen LogP contribution < -0.4 is 10.1 Å². The number of methoxy groups -OCH3 is 1. The van der Waals surface area contributed by atoms with E-state index in [1.54, 1.807) is 18.4 Å². The van der Waals surface area contributed by atoms with Crippen LogP contribution in [-0.4, -0.2) is 18.8 Å². The second kappa shape index (κ2) is 5.70. The molecule has 0 amide bonds. The van der Waals surface area contributed by atoms with Crippen LogP contribution in [0.4, 0.5) is 5.69 Å². The molecule has 4 heteroatoms. The van der Waals surface area contributed by atoms with E-state index in [0.29, 0.717) is 6.54 Å². The fourth-order valence-electron chi connectivity index (χ4n) is 1.50. The van der Waals surface area contributed by atoms with E-state index in [9.17, 15) is 5.11 Å². The van der Waals surface area contributed by atoms with E-state index in [4.69, 9.17) is 4.74 Å². The lowest BCUT2D eigenvalue weighted by molar-refractivity contribution is 0.195. The zero-order valence-electron chi connectivity index (χ0n) is 9.59. The monoisotopic (exact) mass is 249 g/mol. The predicted octanol–water partition coefficient (Wildman–Crippen LogP) is 2.90. The molecule has 0 saturated heterocycles. The van der Waals surface area contributed by atoms with Crippen LogP contribution in [0.5, 0.6) is 5.75 Å². The highest BCUT2D eigenvalue weighted by atomic mass is 32.1. The third-order valence-corrected chi connectivity index (χ3v) is 3.43. The number of hydrogen-bond donors (Lipinski definition) is 2. The van der Waals surface area contributed by atoms with Crippen LogP contribution in [0.2, 0.25) is 0 Å². The molecule has 0 aliphatic carbocycles. The summed E-state index contributed by atoms with van der Waals surface area (Å²) in [7, 11) is 1.64. The van der Waals surface area contributed by atoms with Crippen molar-refractivity contribution in [2.75, 3.05) is 19.0 Å². The molecule has 2 aromatic rings. The molecule has 0 radical (unpaired) electrons. The average molecular weight is 249 g/mol. The third-order valence-electron chi connectivity index (χ3n) is 2.46. The van der Waals surface area contributed by atoms with Crippen molar-refractivity contribution < 1.29 is 9.84 Å². The first-order valence-electron chi connectivity index (χ1n) is 5.39. The van der Waals surface area contributed by atoms with Crippen LogP contribution in [0.3, 0.4) is 0 Å². The van der Waals surface area contributed by atoms with Gasteiger partial charge in [-0.3, -0.25) is 0 Å². The molecule has 1 aromatic carbocycles. The molecular formula is C13H15NO2S. The van der Waals surface area contributed by atoms with Crippen molar-refractivity contribution >= 4 is 17.0 Å². The highest BCUT2D eigenvalue weighted by Gasteiger charge is 2.07.